The highest BCUT2D eigenvalue weighted by molar-refractivity contribution is 7.15. The average molecular weight is 444 g/mol. The SMILES string of the molecule is FC(F)(F)c1nc(-c2ccc(CN(c3cnccn3)c3cnc4[nH]ccc4n3)s2)no1. The number of H-pyrrole nitrogens is 1. The number of aromatic amines is 1. The molecule has 5 aromatic rings. The van der Waals surface area contributed by atoms with Crippen LogP contribution in [0.3, 0.4) is 0 Å². The van der Waals surface area contributed by atoms with E-state index in [9.17, 15) is 13.2 Å². The molecule has 31 heavy (non-hydrogen) atoms. The van der Waals surface area contributed by atoms with Crippen LogP contribution in [0.2, 0.25) is 0 Å². The van der Waals surface area contributed by atoms with Crippen molar-refractivity contribution in [3.63, 3.8) is 0 Å². The standard InChI is InChI=1S/C18H11F3N8OS/c19-18(20,21)17-27-16(28-30-17)12-2-1-10(31-12)9-29(13-7-22-5-6-23-13)14-8-25-15-11(26-14)3-4-24-15/h1-8H,9H2,(H,24,25). The van der Waals surface area contributed by atoms with Crippen molar-refractivity contribution >= 4 is 34.1 Å². The normalized spacial score (nSPS) is 11.8. The first kappa shape index (κ1) is 19.1. The number of fused-ring (bicyclic) bond motifs is 1. The Hall–Kier alpha value is -3.87. The molecular weight excluding hydrogens is 433 g/mol. The minimum absolute atomic E-state index is 0.122. The zero-order chi connectivity index (χ0) is 21.4. The first-order valence-corrected chi connectivity index (χ1v) is 9.63. The topological polar surface area (TPSA) is 110 Å². The van der Waals surface area contributed by atoms with Crippen LogP contribution in [-0.4, -0.2) is 35.1 Å². The van der Waals surface area contributed by atoms with E-state index < -0.39 is 12.1 Å². The van der Waals surface area contributed by atoms with E-state index in [1.807, 2.05) is 0 Å². The Labute approximate surface area is 175 Å². The maximum Gasteiger partial charge on any atom is 0.471 e. The van der Waals surface area contributed by atoms with Gasteiger partial charge in [0.25, 0.3) is 0 Å². The van der Waals surface area contributed by atoms with Crippen LogP contribution in [-0.2, 0) is 12.7 Å². The third-order valence-corrected chi connectivity index (χ3v) is 5.28. The number of anilines is 2. The fraction of sp³-hybridized carbons (Fsp3) is 0.111. The number of nitrogens with zero attached hydrogens (tertiary/aromatic N) is 7. The minimum Gasteiger partial charge on any atom is -0.345 e. The van der Waals surface area contributed by atoms with Crippen LogP contribution in [0, 0.1) is 0 Å². The lowest BCUT2D eigenvalue weighted by Gasteiger charge is -2.21. The lowest BCUT2D eigenvalue weighted by atomic mass is 10.3. The van der Waals surface area contributed by atoms with Crippen molar-refractivity contribution in [2.75, 3.05) is 4.90 Å². The van der Waals surface area contributed by atoms with Gasteiger partial charge in [0.1, 0.15) is 5.52 Å². The number of halogens is 3. The van der Waals surface area contributed by atoms with E-state index in [1.54, 1.807) is 54.1 Å². The van der Waals surface area contributed by atoms with Crippen molar-refractivity contribution in [2.45, 2.75) is 12.7 Å². The van der Waals surface area contributed by atoms with Crippen molar-refractivity contribution in [3.8, 4) is 10.7 Å². The summed E-state index contributed by atoms with van der Waals surface area (Å²) >= 11 is 1.24. The molecule has 0 saturated carbocycles. The van der Waals surface area contributed by atoms with Crippen LogP contribution in [0.1, 0.15) is 10.8 Å². The predicted octanol–water partition coefficient (Wildman–Crippen LogP) is 4.22. The molecule has 0 saturated heterocycles. The Morgan fingerprint density at radius 3 is 2.71 bits per heavy atom. The quantitative estimate of drug-likeness (QED) is 0.429. The van der Waals surface area contributed by atoms with Crippen molar-refractivity contribution in [2.24, 2.45) is 0 Å². The zero-order valence-electron chi connectivity index (χ0n) is 15.4. The monoisotopic (exact) mass is 444 g/mol. The predicted molar refractivity (Wildman–Crippen MR) is 104 cm³/mol. The summed E-state index contributed by atoms with van der Waals surface area (Å²) in [6.07, 6.45) is 3.36. The Kier molecular flexibility index (Phi) is 4.58. The fourth-order valence-corrected chi connectivity index (χ4v) is 3.76. The minimum atomic E-state index is -4.69. The van der Waals surface area contributed by atoms with Crippen molar-refractivity contribution in [1.29, 1.82) is 0 Å². The van der Waals surface area contributed by atoms with Crippen molar-refractivity contribution in [3.05, 3.63) is 60.0 Å². The molecule has 5 heterocycles. The van der Waals surface area contributed by atoms with Crippen LogP contribution in [0.25, 0.3) is 21.9 Å². The highest BCUT2D eigenvalue weighted by atomic mass is 32.1. The Balaban J connectivity index is 1.47. The molecule has 0 atom stereocenters. The molecule has 0 aliphatic heterocycles. The molecule has 0 bridgehead atoms. The van der Waals surface area contributed by atoms with Crippen LogP contribution in [0.4, 0.5) is 24.8 Å². The Bertz CT molecular complexity index is 1330. The highest BCUT2D eigenvalue weighted by Crippen LogP contribution is 2.33. The van der Waals surface area contributed by atoms with Gasteiger partial charge in [-0.25, -0.2) is 15.0 Å². The lowest BCUT2D eigenvalue weighted by molar-refractivity contribution is -0.159. The van der Waals surface area contributed by atoms with E-state index in [1.165, 1.54) is 11.3 Å². The third kappa shape index (κ3) is 3.82. The maximum absolute atomic E-state index is 12.7. The molecule has 0 radical (unpaired) electrons. The number of alkyl halides is 3. The van der Waals surface area contributed by atoms with Crippen LogP contribution in [0.15, 0.2) is 53.7 Å². The van der Waals surface area contributed by atoms with Gasteiger partial charge in [-0.3, -0.25) is 4.98 Å². The third-order valence-electron chi connectivity index (χ3n) is 4.22. The molecule has 0 unspecified atom stereocenters. The summed E-state index contributed by atoms with van der Waals surface area (Å²) in [6.45, 7) is 0.331. The molecule has 0 aliphatic carbocycles. The number of thiophene rings is 1. The Morgan fingerprint density at radius 1 is 1.03 bits per heavy atom. The van der Waals surface area contributed by atoms with Crippen LogP contribution >= 0.6 is 11.3 Å². The first-order valence-electron chi connectivity index (χ1n) is 8.81. The molecule has 13 heteroatoms. The smallest absolute Gasteiger partial charge is 0.345 e. The molecule has 5 rings (SSSR count). The number of hydrogen-bond donors (Lipinski definition) is 1. The maximum atomic E-state index is 12.7. The molecular formula is C18H11F3N8OS. The second kappa shape index (κ2) is 7.43. The van der Waals surface area contributed by atoms with E-state index in [0.29, 0.717) is 34.2 Å². The van der Waals surface area contributed by atoms with Crippen LogP contribution < -0.4 is 4.90 Å². The van der Waals surface area contributed by atoms with Gasteiger partial charge in [0.15, 0.2) is 17.3 Å². The molecule has 0 spiro atoms. The van der Waals surface area contributed by atoms with Gasteiger partial charge in [0, 0.05) is 23.5 Å². The molecule has 0 aromatic carbocycles. The number of hydrogen-bond acceptors (Lipinski definition) is 9. The summed E-state index contributed by atoms with van der Waals surface area (Å²) in [7, 11) is 0. The number of rotatable bonds is 5. The molecule has 5 aromatic heterocycles. The number of nitrogens with one attached hydrogen (secondary N) is 1. The molecule has 1 N–H and O–H groups in total. The Morgan fingerprint density at radius 2 is 1.94 bits per heavy atom. The van der Waals surface area contributed by atoms with E-state index in [0.717, 1.165) is 4.88 Å². The van der Waals surface area contributed by atoms with E-state index in [-0.39, 0.29) is 5.82 Å². The van der Waals surface area contributed by atoms with Gasteiger partial charge in [-0.15, -0.1) is 11.3 Å². The fourth-order valence-electron chi connectivity index (χ4n) is 2.84. The second-order valence-corrected chi connectivity index (χ2v) is 7.44. The lowest BCUT2D eigenvalue weighted by Crippen LogP contribution is -2.18. The summed E-state index contributed by atoms with van der Waals surface area (Å²) in [5.74, 6) is -0.418. The largest absolute Gasteiger partial charge is 0.471 e. The van der Waals surface area contributed by atoms with E-state index >= 15 is 0 Å². The van der Waals surface area contributed by atoms with Gasteiger partial charge in [-0.2, -0.15) is 18.2 Å². The zero-order valence-corrected chi connectivity index (χ0v) is 16.2. The van der Waals surface area contributed by atoms with E-state index in [2.05, 4.69) is 39.6 Å². The van der Waals surface area contributed by atoms with E-state index in [4.69, 9.17) is 0 Å². The number of aromatic nitrogens is 7. The van der Waals surface area contributed by atoms with Gasteiger partial charge in [0.2, 0.25) is 5.82 Å². The van der Waals surface area contributed by atoms with Crippen molar-refractivity contribution < 1.29 is 17.7 Å². The summed E-state index contributed by atoms with van der Waals surface area (Å²) in [5.41, 5.74) is 1.34. The average Bonchev–Trinajstić information content (AvgIpc) is 3.51. The van der Waals surface area contributed by atoms with Gasteiger partial charge in [-0.1, -0.05) is 5.16 Å². The van der Waals surface area contributed by atoms with Gasteiger partial charge in [-0.05, 0) is 18.2 Å². The van der Waals surface area contributed by atoms with Gasteiger partial charge < -0.3 is 14.4 Å². The van der Waals surface area contributed by atoms with Gasteiger partial charge in [0.05, 0.1) is 23.8 Å². The first-order chi connectivity index (χ1) is 15.0. The van der Waals surface area contributed by atoms with Gasteiger partial charge >= 0.3 is 12.1 Å². The molecule has 0 fully saturated rings. The summed E-state index contributed by atoms with van der Waals surface area (Å²) < 4.78 is 42.5. The molecule has 156 valence electrons. The summed E-state index contributed by atoms with van der Waals surface area (Å²) in [5, 5.41) is 3.43. The summed E-state index contributed by atoms with van der Waals surface area (Å²) in [4.78, 5) is 26.9. The summed E-state index contributed by atoms with van der Waals surface area (Å²) in [6, 6.07) is 5.22. The molecule has 0 amide bonds. The molecule has 9 nitrogen and oxygen atoms in total. The van der Waals surface area contributed by atoms with Crippen molar-refractivity contribution in [1.82, 2.24) is 35.1 Å². The highest BCUT2D eigenvalue weighted by Gasteiger charge is 2.38. The second-order valence-electron chi connectivity index (χ2n) is 6.28. The van der Waals surface area contributed by atoms with Crippen LogP contribution in [0.5, 0.6) is 0 Å². The molecule has 0 aliphatic rings.